The lowest BCUT2D eigenvalue weighted by Crippen LogP contribution is -2.57. The molecule has 3 aromatic rings. The predicted molar refractivity (Wildman–Crippen MR) is 169 cm³/mol. The molecule has 1 aromatic heterocycles. The van der Waals surface area contributed by atoms with Gasteiger partial charge < -0.3 is 25.8 Å². The molecule has 1 aliphatic heterocycles. The number of ether oxygens (including phenoxy) is 1. The first-order chi connectivity index (χ1) is 20.2. The van der Waals surface area contributed by atoms with Crippen LogP contribution in [0.5, 0.6) is 0 Å². The first-order valence-corrected chi connectivity index (χ1v) is 15.5. The van der Waals surface area contributed by atoms with Crippen LogP contribution in [0.4, 0.5) is 0 Å². The Labute approximate surface area is 253 Å². The van der Waals surface area contributed by atoms with Crippen LogP contribution in [-0.2, 0) is 27.4 Å². The number of hydrogen-bond donors (Lipinski definition) is 3. The molecule has 2 aromatic carbocycles. The minimum absolute atomic E-state index is 0.0230. The number of carbonyl (C=O) groups excluding carboxylic acids is 2. The normalized spacial score (nSPS) is 18.9. The third-order valence-electron chi connectivity index (χ3n) is 7.81. The highest BCUT2D eigenvalue weighted by atomic mass is 32.1. The zero-order valence-electron chi connectivity index (χ0n) is 24.7. The molecule has 1 saturated heterocycles. The van der Waals surface area contributed by atoms with Gasteiger partial charge in [0.25, 0.3) is 0 Å². The standard InChI is InChI=1S/C34H43N3O4S/c1-24(35)32(39)36-31(25(2)41-22-26-10-5-4-6-11-26)33(40)37-18-8-14-29(37)16-17-34(3,23-38)21-27-12-7-13-28(20-27)30-15-9-19-42-30/h4-7,9-13,15-17,19-20,24-25,29,31,38H,8,14,18,21-23,35H2,1-3H3,(H,36,39)/b17-16+/t24-,25?,29-,31-,34-/m0/s1. The smallest absolute Gasteiger partial charge is 0.248 e. The summed E-state index contributed by atoms with van der Waals surface area (Å²) in [7, 11) is 0. The van der Waals surface area contributed by atoms with Gasteiger partial charge in [0.2, 0.25) is 11.8 Å². The molecular weight excluding hydrogens is 546 g/mol. The number of amides is 2. The Hall–Kier alpha value is -3.30. The van der Waals surface area contributed by atoms with E-state index in [1.165, 1.54) is 10.4 Å². The van der Waals surface area contributed by atoms with E-state index in [1.54, 1.807) is 25.2 Å². The van der Waals surface area contributed by atoms with Gasteiger partial charge in [0, 0.05) is 16.8 Å². The average Bonchev–Trinajstić information content (AvgIpc) is 3.71. The molecular formula is C34H43N3O4S. The van der Waals surface area contributed by atoms with Gasteiger partial charge in [-0.1, -0.05) is 79.7 Å². The van der Waals surface area contributed by atoms with Crippen molar-refractivity contribution in [3.05, 3.63) is 95.4 Å². The molecule has 2 amide bonds. The molecule has 8 heteroatoms. The van der Waals surface area contributed by atoms with Gasteiger partial charge in [-0.2, -0.15) is 0 Å². The first kappa shape index (κ1) is 31.6. The fourth-order valence-electron chi connectivity index (χ4n) is 5.26. The van der Waals surface area contributed by atoms with Crippen molar-refractivity contribution < 1.29 is 19.4 Å². The molecule has 1 aliphatic rings. The second-order valence-corrected chi connectivity index (χ2v) is 12.5. The van der Waals surface area contributed by atoms with Crippen molar-refractivity contribution in [1.29, 1.82) is 0 Å². The molecule has 1 unspecified atom stereocenters. The highest BCUT2D eigenvalue weighted by molar-refractivity contribution is 7.13. The van der Waals surface area contributed by atoms with Crippen molar-refractivity contribution in [2.75, 3.05) is 13.2 Å². The van der Waals surface area contributed by atoms with Gasteiger partial charge >= 0.3 is 0 Å². The van der Waals surface area contributed by atoms with E-state index in [1.807, 2.05) is 60.4 Å². The van der Waals surface area contributed by atoms with Gasteiger partial charge in [0.1, 0.15) is 6.04 Å². The minimum Gasteiger partial charge on any atom is -0.395 e. The maximum absolute atomic E-state index is 13.9. The van der Waals surface area contributed by atoms with E-state index in [4.69, 9.17) is 10.5 Å². The molecule has 42 heavy (non-hydrogen) atoms. The topological polar surface area (TPSA) is 105 Å². The quantitative estimate of drug-likeness (QED) is 0.245. The molecule has 7 nitrogen and oxygen atoms in total. The summed E-state index contributed by atoms with van der Waals surface area (Å²) >= 11 is 1.71. The van der Waals surface area contributed by atoms with E-state index in [0.29, 0.717) is 19.6 Å². The van der Waals surface area contributed by atoms with E-state index in [9.17, 15) is 14.7 Å². The van der Waals surface area contributed by atoms with Crippen LogP contribution in [0, 0.1) is 5.41 Å². The van der Waals surface area contributed by atoms with E-state index in [0.717, 1.165) is 24.0 Å². The van der Waals surface area contributed by atoms with Crippen molar-refractivity contribution in [3.8, 4) is 10.4 Å². The van der Waals surface area contributed by atoms with Crippen LogP contribution in [0.1, 0.15) is 44.7 Å². The van der Waals surface area contributed by atoms with E-state index in [2.05, 4.69) is 41.0 Å². The Morgan fingerprint density at radius 1 is 1.14 bits per heavy atom. The molecule has 0 bridgehead atoms. The summed E-state index contributed by atoms with van der Waals surface area (Å²) in [5, 5.41) is 15.3. The number of nitrogens with zero attached hydrogens (tertiary/aromatic N) is 1. The molecule has 4 N–H and O–H groups in total. The summed E-state index contributed by atoms with van der Waals surface area (Å²) in [6.45, 7) is 6.33. The number of rotatable bonds is 13. The van der Waals surface area contributed by atoms with Crippen molar-refractivity contribution in [2.45, 2.75) is 70.9 Å². The lowest BCUT2D eigenvalue weighted by atomic mass is 9.83. The number of aliphatic hydroxyl groups is 1. The zero-order valence-corrected chi connectivity index (χ0v) is 25.6. The van der Waals surface area contributed by atoms with Crippen LogP contribution in [-0.4, -0.2) is 59.2 Å². The van der Waals surface area contributed by atoms with Crippen molar-refractivity contribution in [1.82, 2.24) is 10.2 Å². The number of carbonyl (C=O) groups is 2. The predicted octanol–water partition coefficient (Wildman–Crippen LogP) is 4.94. The van der Waals surface area contributed by atoms with E-state index < -0.39 is 29.5 Å². The highest BCUT2D eigenvalue weighted by Crippen LogP contribution is 2.30. The summed E-state index contributed by atoms with van der Waals surface area (Å²) in [5.41, 5.74) is 8.63. The second kappa shape index (κ2) is 14.7. The molecule has 2 heterocycles. The van der Waals surface area contributed by atoms with Gasteiger partial charge in [-0.3, -0.25) is 9.59 Å². The summed E-state index contributed by atoms with van der Waals surface area (Å²) in [5.74, 6) is -0.585. The minimum atomic E-state index is -0.870. The number of nitrogens with two attached hydrogens (primary N) is 1. The molecule has 0 saturated carbocycles. The van der Waals surface area contributed by atoms with Crippen LogP contribution >= 0.6 is 11.3 Å². The largest absolute Gasteiger partial charge is 0.395 e. The molecule has 224 valence electrons. The Morgan fingerprint density at radius 2 is 1.90 bits per heavy atom. The van der Waals surface area contributed by atoms with E-state index >= 15 is 0 Å². The Kier molecular flexibility index (Phi) is 11.1. The van der Waals surface area contributed by atoms with Crippen LogP contribution in [0.2, 0.25) is 0 Å². The monoisotopic (exact) mass is 589 g/mol. The SMILES string of the molecule is CC(OCc1ccccc1)[C@H](NC(=O)[C@H](C)N)C(=O)N1CCC[C@H]1/C=C/[C@](C)(CO)Cc1cccc(-c2cccs2)c1. The van der Waals surface area contributed by atoms with Crippen LogP contribution in [0.3, 0.4) is 0 Å². The van der Waals surface area contributed by atoms with Crippen LogP contribution in [0.15, 0.2) is 84.3 Å². The maximum atomic E-state index is 13.9. The van der Waals surface area contributed by atoms with Gasteiger partial charge in [-0.25, -0.2) is 0 Å². The number of likely N-dealkylation sites (tertiary alicyclic amines) is 1. The van der Waals surface area contributed by atoms with Crippen molar-refractivity contribution >= 4 is 23.2 Å². The molecule has 5 atom stereocenters. The number of benzene rings is 2. The maximum Gasteiger partial charge on any atom is 0.248 e. The summed E-state index contributed by atoms with van der Waals surface area (Å²) < 4.78 is 6.07. The number of nitrogens with one attached hydrogen (secondary N) is 1. The molecule has 4 rings (SSSR count). The Morgan fingerprint density at radius 3 is 2.60 bits per heavy atom. The van der Waals surface area contributed by atoms with Gasteiger partial charge in [-0.05, 0) is 61.2 Å². The fraction of sp³-hybridized carbons (Fsp3) is 0.412. The van der Waals surface area contributed by atoms with Gasteiger partial charge in [0.15, 0.2) is 0 Å². The lowest BCUT2D eigenvalue weighted by Gasteiger charge is -2.32. The number of aliphatic hydroxyl groups excluding tert-OH is 1. The third-order valence-corrected chi connectivity index (χ3v) is 8.73. The van der Waals surface area contributed by atoms with E-state index in [-0.39, 0.29) is 18.6 Å². The molecule has 0 spiro atoms. The van der Waals surface area contributed by atoms with Gasteiger partial charge in [0.05, 0.1) is 31.4 Å². The Bertz CT molecular complexity index is 1330. The van der Waals surface area contributed by atoms with Crippen molar-refractivity contribution in [3.63, 3.8) is 0 Å². The third kappa shape index (κ3) is 8.38. The first-order valence-electron chi connectivity index (χ1n) is 14.6. The highest BCUT2D eigenvalue weighted by Gasteiger charge is 2.37. The zero-order chi connectivity index (χ0) is 30.1. The molecule has 0 radical (unpaired) electrons. The molecule has 0 aliphatic carbocycles. The summed E-state index contributed by atoms with van der Waals surface area (Å²) in [4.78, 5) is 29.5. The number of hydrogen-bond acceptors (Lipinski definition) is 6. The van der Waals surface area contributed by atoms with Crippen LogP contribution in [0.25, 0.3) is 10.4 Å². The summed E-state index contributed by atoms with van der Waals surface area (Å²) in [6.07, 6.45) is 5.86. The van der Waals surface area contributed by atoms with Crippen molar-refractivity contribution in [2.24, 2.45) is 11.1 Å². The average molecular weight is 590 g/mol. The Balaban J connectivity index is 1.47. The second-order valence-electron chi connectivity index (χ2n) is 11.5. The fourth-order valence-corrected chi connectivity index (χ4v) is 5.99. The molecule has 1 fully saturated rings. The van der Waals surface area contributed by atoms with Crippen LogP contribution < -0.4 is 11.1 Å². The van der Waals surface area contributed by atoms with Gasteiger partial charge in [-0.15, -0.1) is 11.3 Å². The summed E-state index contributed by atoms with van der Waals surface area (Å²) in [6, 6.07) is 20.6. The number of thiophene rings is 1. The lowest BCUT2D eigenvalue weighted by molar-refractivity contribution is -0.141.